The molecule has 0 N–H and O–H groups in total. The number of thiazole rings is 1. The van der Waals surface area contributed by atoms with Gasteiger partial charge in [0.1, 0.15) is 11.7 Å². The largest absolute Gasteiger partial charge is 0.335 e. The van der Waals surface area contributed by atoms with Crippen LogP contribution in [0.2, 0.25) is 5.02 Å². The molecule has 0 unspecified atom stereocenters. The van der Waals surface area contributed by atoms with Crippen molar-refractivity contribution in [3.63, 3.8) is 0 Å². The Morgan fingerprint density at radius 2 is 1.88 bits per heavy atom. The first-order valence-corrected chi connectivity index (χ1v) is 12.9. The van der Waals surface area contributed by atoms with Gasteiger partial charge in [-0.15, -0.1) is 0 Å². The number of rotatable bonds is 5. The monoisotopic (exact) mass is 481 g/mol. The Morgan fingerprint density at radius 3 is 2.69 bits per heavy atom. The molecule has 0 saturated heterocycles. The van der Waals surface area contributed by atoms with Crippen LogP contribution in [-0.4, -0.2) is 38.7 Å². The number of thioether (sulfide) groups is 1. The Balaban J connectivity index is 1.56. The molecule has 0 spiro atoms. The first-order chi connectivity index (χ1) is 15.3. The maximum absolute atomic E-state index is 6.38. The van der Waals surface area contributed by atoms with Gasteiger partial charge in [0.2, 0.25) is 5.52 Å². The average Bonchev–Trinajstić information content (AvgIpc) is 3.25. The lowest BCUT2D eigenvalue weighted by Gasteiger charge is -2.26. The Bertz CT molecular complexity index is 1350. The highest BCUT2D eigenvalue weighted by Crippen LogP contribution is 2.48. The molecule has 1 aliphatic rings. The normalized spacial score (nSPS) is 15.3. The molecular formula is C26H28ClN3S2+2. The lowest BCUT2D eigenvalue weighted by atomic mass is 10.1. The Labute approximate surface area is 203 Å². The first-order valence-electron chi connectivity index (χ1n) is 10.9. The number of hydrogen-bond donors (Lipinski definition) is 0. The third-order valence-corrected chi connectivity index (χ3v) is 8.39. The molecule has 3 nitrogen and oxygen atoms in total. The van der Waals surface area contributed by atoms with Gasteiger partial charge in [-0.25, -0.2) is 0 Å². The molecule has 1 aromatic heterocycles. The number of benzene rings is 3. The van der Waals surface area contributed by atoms with E-state index in [-0.39, 0.29) is 0 Å². The lowest BCUT2D eigenvalue weighted by Crippen LogP contribution is -2.37. The molecule has 0 saturated carbocycles. The number of anilines is 1. The number of hydrogen-bond acceptors (Lipinski definition) is 3. The standard InChI is InChI=1S/C26H28ClN3S2/c1-28-24(32-23-12-10-18-8-5-6-9-20(18)26(23)28)17-25-29(14-7-15-30(2,3)4)21-16-19(27)11-13-22(21)31-25/h5-6,8-13,16-17H,7,14-15H2,1-4H3/q+2. The summed E-state index contributed by atoms with van der Waals surface area (Å²) >= 11 is 10.1. The van der Waals surface area contributed by atoms with Crippen molar-refractivity contribution in [3.8, 4) is 0 Å². The highest BCUT2D eigenvalue weighted by molar-refractivity contribution is 8.03. The molecule has 0 fully saturated rings. The zero-order chi connectivity index (χ0) is 22.5. The second-order valence-electron chi connectivity index (χ2n) is 9.35. The molecule has 0 radical (unpaired) electrons. The maximum atomic E-state index is 6.38. The maximum Gasteiger partial charge on any atom is 0.265 e. The van der Waals surface area contributed by atoms with Gasteiger partial charge in [0.25, 0.3) is 5.01 Å². The summed E-state index contributed by atoms with van der Waals surface area (Å²) in [6, 6.07) is 19.4. The van der Waals surface area contributed by atoms with E-state index >= 15 is 0 Å². The Morgan fingerprint density at radius 1 is 1.06 bits per heavy atom. The van der Waals surface area contributed by atoms with E-state index in [1.807, 2.05) is 29.2 Å². The minimum Gasteiger partial charge on any atom is -0.335 e. The van der Waals surface area contributed by atoms with Crippen molar-refractivity contribution in [1.82, 2.24) is 0 Å². The molecule has 0 bridgehead atoms. The second-order valence-corrected chi connectivity index (χ2v) is 11.9. The number of nitrogens with zero attached hydrogens (tertiary/aromatic N) is 3. The van der Waals surface area contributed by atoms with E-state index in [4.69, 9.17) is 11.6 Å². The fourth-order valence-electron chi connectivity index (χ4n) is 4.30. The summed E-state index contributed by atoms with van der Waals surface area (Å²) in [6.07, 6.45) is 3.47. The molecule has 0 atom stereocenters. The van der Waals surface area contributed by atoms with Gasteiger partial charge in [0.05, 0.1) is 49.9 Å². The van der Waals surface area contributed by atoms with E-state index in [0.29, 0.717) is 0 Å². The van der Waals surface area contributed by atoms with E-state index in [0.717, 1.165) is 29.0 Å². The van der Waals surface area contributed by atoms with Crippen LogP contribution < -0.4 is 9.47 Å². The van der Waals surface area contributed by atoms with Gasteiger partial charge in [-0.2, -0.15) is 4.57 Å². The van der Waals surface area contributed by atoms with Crippen molar-refractivity contribution in [1.29, 1.82) is 0 Å². The SMILES string of the molecule is C[n+]1c(C=C2Sc3ccc(Cl)cc3N2CCC[N+](C)(C)C)sc2ccc3ccccc3c21. The van der Waals surface area contributed by atoms with Crippen LogP contribution in [-0.2, 0) is 7.05 Å². The van der Waals surface area contributed by atoms with E-state index in [1.54, 1.807) is 0 Å². The summed E-state index contributed by atoms with van der Waals surface area (Å²) in [7, 11) is 8.94. The van der Waals surface area contributed by atoms with Crippen LogP contribution >= 0.6 is 34.7 Å². The zero-order valence-electron chi connectivity index (χ0n) is 18.9. The van der Waals surface area contributed by atoms with Crippen LogP contribution in [0.4, 0.5) is 5.69 Å². The van der Waals surface area contributed by atoms with Crippen molar-refractivity contribution >= 4 is 67.5 Å². The first kappa shape index (κ1) is 21.8. The fraction of sp³-hybridized carbons (Fsp3) is 0.269. The number of halogens is 1. The van der Waals surface area contributed by atoms with Crippen molar-refractivity contribution in [2.75, 3.05) is 39.1 Å². The van der Waals surface area contributed by atoms with Gasteiger partial charge in [-0.05, 0) is 35.7 Å². The second kappa shape index (κ2) is 8.38. The summed E-state index contributed by atoms with van der Waals surface area (Å²) in [5.74, 6) is 0. The summed E-state index contributed by atoms with van der Waals surface area (Å²) in [4.78, 5) is 3.73. The number of aromatic nitrogens is 1. The average molecular weight is 482 g/mol. The Kier molecular flexibility index (Phi) is 5.70. The van der Waals surface area contributed by atoms with E-state index in [2.05, 4.69) is 92.3 Å². The number of quaternary nitrogens is 1. The number of aryl methyl sites for hydroxylation is 1. The minimum atomic E-state index is 0.793. The molecule has 6 heteroatoms. The molecule has 3 aromatic carbocycles. The summed E-state index contributed by atoms with van der Waals surface area (Å²) in [5.41, 5.74) is 2.53. The highest BCUT2D eigenvalue weighted by Gasteiger charge is 2.28. The molecule has 0 aliphatic carbocycles. The molecule has 1 aliphatic heterocycles. The van der Waals surface area contributed by atoms with Crippen LogP contribution in [0.3, 0.4) is 0 Å². The summed E-state index contributed by atoms with van der Waals surface area (Å²) in [5, 5.41) is 5.92. The van der Waals surface area contributed by atoms with Gasteiger partial charge in [-0.3, -0.25) is 0 Å². The molecule has 164 valence electrons. The van der Waals surface area contributed by atoms with Gasteiger partial charge < -0.3 is 9.38 Å². The van der Waals surface area contributed by atoms with Crippen molar-refractivity contribution < 1.29 is 9.05 Å². The van der Waals surface area contributed by atoms with Crippen molar-refractivity contribution in [2.24, 2.45) is 7.05 Å². The van der Waals surface area contributed by atoms with E-state index < -0.39 is 0 Å². The molecular weight excluding hydrogens is 454 g/mol. The fourth-order valence-corrected chi connectivity index (χ4v) is 6.75. The third kappa shape index (κ3) is 4.15. The number of fused-ring (bicyclic) bond motifs is 4. The van der Waals surface area contributed by atoms with E-state index in [1.165, 1.54) is 41.6 Å². The molecule has 0 amide bonds. The van der Waals surface area contributed by atoms with Gasteiger partial charge in [-0.1, -0.05) is 59.0 Å². The third-order valence-electron chi connectivity index (χ3n) is 5.89. The lowest BCUT2D eigenvalue weighted by molar-refractivity contribution is -0.870. The van der Waals surface area contributed by atoms with E-state index in [9.17, 15) is 0 Å². The van der Waals surface area contributed by atoms with Crippen LogP contribution in [0.15, 0.2) is 64.5 Å². The summed E-state index contributed by atoms with van der Waals surface area (Å²) in [6.45, 7) is 2.12. The minimum absolute atomic E-state index is 0.793. The van der Waals surface area contributed by atoms with Crippen molar-refractivity contribution in [2.45, 2.75) is 11.3 Å². The van der Waals surface area contributed by atoms with Crippen molar-refractivity contribution in [3.05, 3.63) is 69.7 Å². The summed E-state index contributed by atoms with van der Waals surface area (Å²) < 4.78 is 4.63. The van der Waals surface area contributed by atoms with Gasteiger partial charge >= 0.3 is 0 Å². The molecule has 5 rings (SSSR count). The highest BCUT2D eigenvalue weighted by atomic mass is 35.5. The smallest absolute Gasteiger partial charge is 0.265 e. The Hall–Kier alpha value is -2.05. The topological polar surface area (TPSA) is 7.12 Å². The molecule has 4 aromatic rings. The predicted molar refractivity (Wildman–Crippen MR) is 141 cm³/mol. The molecule has 32 heavy (non-hydrogen) atoms. The predicted octanol–water partition coefficient (Wildman–Crippen LogP) is 6.54. The van der Waals surface area contributed by atoms with Crippen LogP contribution in [0.1, 0.15) is 11.4 Å². The zero-order valence-corrected chi connectivity index (χ0v) is 21.3. The van der Waals surface area contributed by atoms with Crippen LogP contribution in [0.5, 0.6) is 0 Å². The van der Waals surface area contributed by atoms with Gasteiger partial charge in [0.15, 0.2) is 0 Å². The van der Waals surface area contributed by atoms with Crippen LogP contribution in [0, 0.1) is 0 Å². The van der Waals surface area contributed by atoms with Gasteiger partial charge in [0, 0.05) is 22.9 Å². The quantitative estimate of drug-likeness (QED) is 0.236. The molecule has 2 heterocycles. The van der Waals surface area contributed by atoms with Crippen LogP contribution in [0.25, 0.3) is 27.1 Å².